The van der Waals surface area contributed by atoms with Crippen molar-refractivity contribution in [2.24, 2.45) is 0 Å². The summed E-state index contributed by atoms with van der Waals surface area (Å²) in [5.74, 6) is -0.430. The van der Waals surface area contributed by atoms with Crippen molar-refractivity contribution in [2.75, 3.05) is 0 Å². The number of halogens is 1. The maximum atomic E-state index is 14.6. The van der Waals surface area contributed by atoms with E-state index in [1.807, 2.05) is 27.7 Å². The van der Waals surface area contributed by atoms with E-state index >= 15 is 0 Å². The molecular formula is C19H29BFNO4. The molecule has 7 heteroatoms. The first kappa shape index (κ1) is 20.7. The first-order valence-electron chi connectivity index (χ1n) is 8.86. The second-order valence-corrected chi connectivity index (χ2v) is 8.74. The molecule has 0 spiro atoms. The summed E-state index contributed by atoms with van der Waals surface area (Å²) in [4.78, 5) is 11.9. The third kappa shape index (κ3) is 4.57. The predicted molar refractivity (Wildman–Crippen MR) is 99.9 cm³/mol. The molecule has 5 nitrogen and oxygen atoms in total. The van der Waals surface area contributed by atoms with Crippen LogP contribution < -0.4 is 10.8 Å². The minimum atomic E-state index is -0.627. The number of hydrogen-bond donors (Lipinski definition) is 1. The average molecular weight is 365 g/mol. The van der Waals surface area contributed by atoms with Gasteiger partial charge in [0, 0.05) is 5.56 Å². The Hall–Kier alpha value is -1.60. The van der Waals surface area contributed by atoms with Crippen LogP contribution in [0.15, 0.2) is 18.2 Å². The van der Waals surface area contributed by atoms with Gasteiger partial charge in [0.1, 0.15) is 11.4 Å². The van der Waals surface area contributed by atoms with Crippen LogP contribution in [-0.4, -0.2) is 30.0 Å². The van der Waals surface area contributed by atoms with Crippen molar-refractivity contribution in [3.05, 3.63) is 29.6 Å². The highest BCUT2D eigenvalue weighted by molar-refractivity contribution is 6.62. The van der Waals surface area contributed by atoms with Gasteiger partial charge in [0.25, 0.3) is 0 Å². The fourth-order valence-electron chi connectivity index (χ4n) is 2.58. The molecule has 1 aromatic carbocycles. The van der Waals surface area contributed by atoms with Crippen molar-refractivity contribution in [1.82, 2.24) is 5.32 Å². The van der Waals surface area contributed by atoms with E-state index < -0.39 is 41.9 Å². The number of benzene rings is 1. The molecule has 2 rings (SSSR count). The van der Waals surface area contributed by atoms with Gasteiger partial charge in [-0.3, -0.25) is 0 Å². The number of ether oxygens (including phenoxy) is 1. The third-order valence-electron chi connectivity index (χ3n) is 4.75. The summed E-state index contributed by atoms with van der Waals surface area (Å²) in [5, 5.41) is 2.65. The summed E-state index contributed by atoms with van der Waals surface area (Å²) in [7, 11) is -0.627. The fraction of sp³-hybridized carbons (Fsp3) is 0.632. The molecule has 1 aliphatic rings. The highest BCUT2D eigenvalue weighted by atomic mass is 19.1. The molecule has 1 atom stereocenters. The molecule has 1 aliphatic heterocycles. The van der Waals surface area contributed by atoms with Crippen molar-refractivity contribution in [3.8, 4) is 0 Å². The lowest BCUT2D eigenvalue weighted by Gasteiger charge is -2.32. The molecule has 1 N–H and O–H groups in total. The van der Waals surface area contributed by atoms with Crippen molar-refractivity contribution in [1.29, 1.82) is 0 Å². The molecule has 144 valence electrons. The maximum absolute atomic E-state index is 14.6. The standard InChI is InChI=1S/C19H29BFNO4/c1-12(22-16(23)24-17(2,3)4)14-10-9-13(11-15(14)21)20-25-18(5,6)19(7,8)26-20/h9-12H,1-8H3,(H,22,23). The Bertz CT molecular complexity index is 669. The predicted octanol–water partition coefficient (Wildman–Crippen LogP) is 3.71. The molecular weight excluding hydrogens is 336 g/mol. The van der Waals surface area contributed by atoms with Gasteiger partial charge in [-0.15, -0.1) is 0 Å². The van der Waals surface area contributed by atoms with Gasteiger partial charge >= 0.3 is 13.2 Å². The Morgan fingerprint density at radius 1 is 1.19 bits per heavy atom. The number of carbonyl (C=O) groups is 1. The molecule has 0 bridgehead atoms. The molecule has 0 radical (unpaired) electrons. The Balaban J connectivity index is 2.11. The van der Waals surface area contributed by atoms with Gasteiger partial charge in [0.2, 0.25) is 0 Å². The molecule has 1 aromatic rings. The lowest BCUT2D eigenvalue weighted by Crippen LogP contribution is -2.41. The third-order valence-corrected chi connectivity index (χ3v) is 4.75. The summed E-state index contributed by atoms with van der Waals surface area (Å²) in [6.45, 7) is 14.8. The minimum Gasteiger partial charge on any atom is -0.444 e. The average Bonchev–Trinajstić information content (AvgIpc) is 2.64. The quantitative estimate of drug-likeness (QED) is 0.830. The molecule has 1 heterocycles. The number of rotatable bonds is 3. The van der Waals surface area contributed by atoms with E-state index in [-0.39, 0.29) is 0 Å². The number of alkyl carbamates (subject to hydrolysis) is 1. The van der Waals surface area contributed by atoms with E-state index in [0.29, 0.717) is 11.0 Å². The summed E-state index contributed by atoms with van der Waals surface area (Å²) >= 11 is 0. The first-order valence-corrected chi connectivity index (χ1v) is 8.86. The Labute approximate surface area is 155 Å². The number of nitrogens with one attached hydrogen (secondary N) is 1. The van der Waals surface area contributed by atoms with Crippen LogP contribution in [0, 0.1) is 5.82 Å². The smallest absolute Gasteiger partial charge is 0.444 e. The maximum Gasteiger partial charge on any atom is 0.494 e. The SMILES string of the molecule is CC(NC(=O)OC(C)(C)C)c1ccc(B2OC(C)(C)C(C)(C)O2)cc1F. The molecule has 1 saturated heterocycles. The van der Waals surface area contributed by atoms with Crippen LogP contribution in [0.5, 0.6) is 0 Å². The van der Waals surface area contributed by atoms with Gasteiger partial charge in [-0.25, -0.2) is 9.18 Å². The van der Waals surface area contributed by atoms with Gasteiger partial charge in [-0.1, -0.05) is 12.1 Å². The molecule has 1 amide bonds. The van der Waals surface area contributed by atoms with Crippen LogP contribution in [0.25, 0.3) is 0 Å². The monoisotopic (exact) mass is 365 g/mol. The Morgan fingerprint density at radius 3 is 2.19 bits per heavy atom. The Morgan fingerprint density at radius 2 is 1.73 bits per heavy atom. The highest BCUT2D eigenvalue weighted by Crippen LogP contribution is 2.36. The van der Waals surface area contributed by atoms with Crippen LogP contribution in [0.4, 0.5) is 9.18 Å². The molecule has 1 unspecified atom stereocenters. The molecule has 1 fully saturated rings. The van der Waals surface area contributed by atoms with Crippen LogP contribution in [0.3, 0.4) is 0 Å². The fourth-order valence-corrected chi connectivity index (χ4v) is 2.58. The van der Waals surface area contributed by atoms with Crippen molar-refractivity contribution < 1.29 is 23.2 Å². The molecule has 0 saturated carbocycles. The van der Waals surface area contributed by atoms with E-state index in [9.17, 15) is 9.18 Å². The van der Waals surface area contributed by atoms with E-state index in [1.165, 1.54) is 6.07 Å². The molecule has 26 heavy (non-hydrogen) atoms. The topological polar surface area (TPSA) is 56.8 Å². The zero-order valence-electron chi connectivity index (χ0n) is 16.9. The highest BCUT2D eigenvalue weighted by Gasteiger charge is 2.51. The normalized spacial score (nSPS) is 20.0. The number of hydrogen-bond acceptors (Lipinski definition) is 4. The van der Waals surface area contributed by atoms with E-state index in [2.05, 4.69) is 5.32 Å². The van der Waals surface area contributed by atoms with Crippen LogP contribution in [-0.2, 0) is 14.0 Å². The summed E-state index contributed by atoms with van der Waals surface area (Å²) in [6.07, 6.45) is -0.584. The van der Waals surface area contributed by atoms with Crippen LogP contribution in [0.2, 0.25) is 0 Å². The number of amides is 1. The summed E-state index contributed by atoms with van der Waals surface area (Å²) in [5.41, 5.74) is -0.606. The van der Waals surface area contributed by atoms with E-state index in [1.54, 1.807) is 39.8 Å². The lowest BCUT2D eigenvalue weighted by atomic mass is 9.78. The minimum absolute atomic E-state index is 0.371. The zero-order chi connectivity index (χ0) is 19.9. The van der Waals surface area contributed by atoms with Gasteiger partial charge < -0.3 is 19.4 Å². The largest absolute Gasteiger partial charge is 0.494 e. The number of carbonyl (C=O) groups excluding carboxylic acids is 1. The van der Waals surface area contributed by atoms with Gasteiger partial charge in [0.05, 0.1) is 17.2 Å². The summed E-state index contributed by atoms with van der Waals surface area (Å²) in [6, 6.07) is 4.26. The van der Waals surface area contributed by atoms with Crippen molar-refractivity contribution >= 4 is 18.7 Å². The van der Waals surface area contributed by atoms with Crippen LogP contribution in [0.1, 0.15) is 67.0 Å². The van der Waals surface area contributed by atoms with Crippen LogP contribution >= 0.6 is 0 Å². The second-order valence-electron chi connectivity index (χ2n) is 8.74. The van der Waals surface area contributed by atoms with Gasteiger partial charge in [0.15, 0.2) is 0 Å². The van der Waals surface area contributed by atoms with Gasteiger partial charge in [-0.05, 0) is 66.9 Å². The van der Waals surface area contributed by atoms with E-state index in [4.69, 9.17) is 14.0 Å². The summed E-state index contributed by atoms with van der Waals surface area (Å²) < 4.78 is 31.7. The zero-order valence-corrected chi connectivity index (χ0v) is 16.9. The Kier molecular flexibility index (Phi) is 5.46. The van der Waals surface area contributed by atoms with Gasteiger partial charge in [-0.2, -0.15) is 0 Å². The van der Waals surface area contributed by atoms with Crippen molar-refractivity contribution in [2.45, 2.75) is 78.2 Å². The molecule has 0 aliphatic carbocycles. The van der Waals surface area contributed by atoms with Crippen molar-refractivity contribution in [3.63, 3.8) is 0 Å². The molecule has 0 aromatic heterocycles. The first-order chi connectivity index (χ1) is 11.7. The van der Waals surface area contributed by atoms with E-state index in [0.717, 1.165) is 0 Å². The lowest BCUT2D eigenvalue weighted by molar-refractivity contribution is 0.00578. The second kappa shape index (κ2) is 6.85.